The molecule has 1 aliphatic heterocycles. The van der Waals surface area contributed by atoms with Crippen molar-refractivity contribution in [3.63, 3.8) is 0 Å². The summed E-state index contributed by atoms with van der Waals surface area (Å²) in [6.07, 6.45) is 0.986. The number of nitriles is 1. The number of halogens is 2. The monoisotopic (exact) mass is 525 g/mol. The van der Waals surface area contributed by atoms with Gasteiger partial charge in [-0.25, -0.2) is 0 Å². The number of aliphatic imine (C=N–C) groups is 1. The molecule has 1 heterocycles. The van der Waals surface area contributed by atoms with Crippen LogP contribution >= 0.6 is 35.6 Å². The van der Waals surface area contributed by atoms with Gasteiger partial charge in [0, 0.05) is 37.7 Å². The highest BCUT2D eigenvalue weighted by Crippen LogP contribution is 2.33. The zero-order valence-corrected chi connectivity index (χ0v) is 19.6. The molecule has 1 aliphatic rings. The lowest BCUT2D eigenvalue weighted by atomic mass is 10.1. The lowest BCUT2D eigenvalue weighted by Crippen LogP contribution is -2.44. The maximum Gasteiger partial charge on any atom is 0.191 e. The lowest BCUT2D eigenvalue weighted by Gasteiger charge is -2.22. The number of nitrogens with zero attached hydrogens (tertiary/aromatic N) is 3. The molecule has 1 fully saturated rings. The Bertz CT molecular complexity index is 899. The molecule has 0 radical (unpaired) electrons. The van der Waals surface area contributed by atoms with Gasteiger partial charge in [-0.1, -0.05) is 23.7 Å². The van der Waals surface area contributed by atoms with Gasteiger partial charge in [-0.2, -0.15) is 5.26 Å². The number of methoxy groups -OCH3 is 1. The molecular weight excluding hydrogens is 501 g/mol. The molecule has 0 aromatic heterocycles. The van der Waals surface area contributed by atoms with Crippen LogP contribution in [0.15, 0.2) is 47.5 Å². The molecule has 0 bridgehead atoms. The third-order valence-corrected chi connectivity index (χ3v) is 4.99. The molecule has 2 aromatic carbocycles. The highest BCUT2D eigenvalue weighted by Gasteiger charge is 2.25. The van der Waals surface area contributed by atoms with E-state index >= 15 is 0 Å². The zero-order valence-electron chi connectivity index (χ0n) is 16.5. The van der Waals surface area contributed by atoms with E-state index < -0.39 is 0 Å². The van der Waals surface area contributed by atoms with E-state index in [4.69, 9.17) is 21.6 Å². The Morgan fingerprint density at radius 2 is 2.17 bits per heavy atom. The summed E-state index contributed by atoms with van der Waals surface area (Å²) in [6, 6.07) is 15.7. The molecule has 2 N–H and O–H groups in total. The average molecular weight is 526 g/mol. The van der Waals surface area contributed by atoms with Crippen molar-refractivity contribution in [3.05, 3.63) is 58.6 Å². The number of rotatable bonds is 5. The number of anilines is 1. The topological polar surface area (TPSA) is 72.7 Å². The number of hydrogen-bond acceptors (Lipinski definition) is 4. The Morgan fingerprint density at radius 3 is 2.90 bits per heavy atom. The third kappa shape index (κ3) is 6.15. The van der Waals surface area contributed by atoms with E-state index in [0.717, 1.165) is 42.5 Å². The van der Waals surface area contributed by atoms with Crippen LogP contribution in [0.3, 0.4) is 0 Å². The van der Waals surface area contributed by atoms with Crippen LogP contribution in [0.4, 0.5) is 5.69 Å². The number of hydrogen-bond donors (Lipinski definition) is 2. The quantitative estimate of drug-likeness (QED) is 0.353. The standard InChI is InChI=1S/C21H24ClN5O.HI/c1-24-21(25-13-16-5-3-4-15(10-16)12-23)26-18-8-9-27(14-18)19-11-17(22)6-7-20(19)28-2;/h3-7,10-11,18H,8-9,13-14H2,1-2H3,(H2,24,25,26);1H. The van der Waals surface area contributed by atoms with E-state index in [9.17, 15) is 0 Å². The SMILES string of the molecule is CN=C(NCc1cccc(C#N)c1)NC1CCN(c2cc(Cl)ccc2OC)C1.I. The van der Waals surface area contributed by atoms with Gasteiger partial charge >= 0.3 is 0 Å². The van der Waals surface area contributed by atoms with E-state index in [1.54, 1.807) is 20.2 Å². The van der Waals surface area contributed by atoms with Crippen molar-refractivity contribution in [1.29, 1.82) is 5.26 Å². The second-order valence-electron chi connectivity index (χ2n) is 6.63. The van der Waals surface area contributed by atoms with Gasteiger partial charge in [0.05, 0.1) is 24.4 Å². The molecule has 0 saturated carbocycles. The van der Waals surface area contributed by atoms with Gasteiger partial charge in [-0.3, -0.25) is 4.99 Å². The van der Waals surface area contributed by atoms with Gasteiger partial charge < -0.3 is 20.3 Å². The van der Waals surface area contributed by atoms with Crippen LogP contribution in [-0.4, -0.2) is 39.2 Å². The molecule has 1 unspecified atom stereocenters. The molecule has 6 nitrogen and oxygen atoms in total. The maximum absolute atomic E-state index is 9.02. The minimum absolute atomic E-state index is 0. The molecule has 2 aromatic rings. The Labute approximate surface area is 193 Å². The minimum Gasteiger partial charge on any atom is -0.495 e. The molecule has 0 amide bonds. The van der Waals surface area contributed by atoms with Gasteiger partial charge in [0.1, 0.15) is 5.75 Å². The summed E-state index contributed by atoms with van der Waals surface area (Å²) in [4.78, 5) is 6.59. The highest BCUT2D eigenvalue weighted by molar-refractivity contribution is 14.0. The Hall–Kier alpha value is -2.18. The van der Waals surface area contributed by atoms with Gasteiger partial charge in [-0.15, -0.1) is 24.0 Å². The molecule has 29 heavy (non-hydrogen) atoms. The summed E-state index contributed by atoms with van der Waals surface area (Å²) in [5.41, 5.74) is 2.71. The molecular formula is C21H25ClIN5O. The zero-order chi connectivity index (χ0) is 19.9. The van der Waals surface area contributed by atoms with Crippen LogP contribution in [0.25, 0.3) is 0 Å². The van der Waals surface area contributed by atoms with Crippen molar-refractivity contribution < 1.29 is 4.74 Å². The molecule has 0 aliphatic carbocycles. The van der Waals surface area contributed by atoms with Gasteiger partial charge in [0.2, 0.25) is 0 Å². The van der Waals surface area contributed by atoms with Crippen LogP contribution in [0.1, 0.15) is 17.5 Å². The second kappa shape index (κ2) is 11.1. The molecule has 1 saturated heterocycles. The first-order chi connectivity index (χ1) is 13.6. The third-order valence-electron chi connectivity index (χ3n) is 4.75. The van der Waals surface area contributed by atoms with Gasteiger partial charge in [0.15, 0.2) is 5.96 Å². The fourth-order valence-corrected chi connectivity index (χ4v) is 3.50. The fourth-order valence-electron chi connectivity index (χ4n) is 3.33. The van der Waals surface area contributed by atoms with Crippen LogP contribution in [0, 0.1) is 11.3 Å². The summed E-state index contributed by atoms with van der Waals surface area (Å²) in [6.45, 7) is 2.35. The average Bonchev–Trinajstić information content (AvgIpc) is 3.19. The normalized spacial score (nSPS) is 16.0. The molecule has 0 spiro atoms. The van der Waals surface area contributed by atoms with E-state index in [1.165, 1.54) is 0 Å². The van der Waals surface area contributed by atoms with Crippen molar-refractivity contribution in [2.45, 2.75) is 19.0 Å². The predicted molar refractivity (Wildman–Crippen MR) is 129 cm³/mol. The van der Waals surface area contributed by atoms with Crippen molar-refractivity contribution in [2.75, 3.05) is 32.1 Å². The maximum atomic E-state index is 9.02. The molecule has 1 atom stereocenters. The Morgan fingerprint density at radius 1 is 1.34 bits per heavy atom. The smallest absolute Gasteiger partial charge is 0.191 e. The summed E-state index contributed by atoms with van der Waals surface area (Å²) in [7, 11) is 3.43. The highest BCUT2D eigenvalue weighted by atomic mass is 127. The summed E-state index contributed by atoms with van der Waals surface area (Å²) < 4.78 is 5.48. The Balaban J connectivity index is 0.00000300. The van der Waals surface area contributed by atoms with E-state index in [0.29, 0.717) is 17.1 Å². The summed E-state index contributed by atoms with van der Waals surface area (Å²) in [5.74, 6) is 1.57. The van der Waals surface area contributed by atoms with E-state index in [2.05, 4.69) is 26.6 Å². The Kier molecular flexibility index (Phi) is 8.86. The number of ether oxygens (including phenoxy) is 1. The van der Waals surface area contributed by atoms with Gasteiger partial charge in [0.25, 0.3) is 0 Å². The molecule has 154 valence electrons. The van der Waals surface area contributed by atoms with Crippen LogP contribution in [0.2, 0.25) is 5.02 Å². The van der Waals surface area contributed by atoms with Crippen LogP contribution < -0.4 is 20.3 Å². The largest absolute Gasteiger partial charge is 0.495 e. The van der Waals surface area contributed by atoms with Crippen molar-refractivity contribution in [2.24, 2.45) is 4.99 Å². The van der Waals surface area contributed by atoms with Crippen molar-refractivity contribution in [1.82, 2.24) is 10.6 Å². The van der Waals surface area contributed by atoms with Gasteiger partial charge in [-0.05, 0) is 42.3 Å². The van der Waals surface area contributed by atoms with Crippen molar-refractivity contribution >= 4 is 47.2 Å². The fraction of sp³-hybridized carbons (Fsp3) is 0.333. The van der Waals surface area contributed by atoms with Crippen LogP contribution in [-0.2, 0) is 6.54 Å². The second-order valence-corrected chi connectivity index (χ2v) is 7.07. The van der Waals surface area contributed by atoms with Crippen LogP contribution in [0.5, 0.6) is 5.75 Å². The first kappa shape index (κ1) is 23.1. The van der Waals surface area contributed by atoms with Crippen molar-refractivity contribution in [3.8, 4) is 11.8 Å². The van der Waals surface area contributed by atoms with E-state index in [-0.39, 0.29) is 30.0 Å². The number of benzene rings is 2. The molecule has 3 rings (SSSR count). The number of nitrogens with one attached hydrogen (secondary N) is 2. The minimum atomic E-state index is 0. The first-order valence-electron chi connectivity index (χ1n) is 9.17. The summed E-state index contributed by atoms with van der Waals surface area (Å²) >= 11 is 6.17. The number of guanidine groups is 1. The summed E-state index contributed by atoms with van der Waals surface area (Å²) in [5, 5.41) is 16.5. The lowest BCUT2D eigenvalue weighted by molar-refractivity contribution is 0.415. The predicted octanol–water partition coefficient (Wildman–Crippen LogP) is 3.78. The first-order valence-corrected chi connectivity index (χ1v) is 9.55. The molecule has 8 heteroatoms. The van der Waals surface area contributed by atoms with E-state index in [1.807, 2.05) is 36.4 Å².